The topological polar surface area (TPSA) is 37.8 Å². The number of nitrogens with one attached hydrogen (secondary N) is 1. The molecular weight excluding hydrogens is 194 g/mol. The van der Waals surface area contributed by atoms with Crippen molar-refractivity contribution in [2.24, 2.45) is 5.92 Å². The Bertz CT molecular complexity index is 232. The highest BCUT2D eigenvalue weighted by Crippen LogP contribution is 2.23. The first-order chi connectivity index (χ1) is 6.81. The predicted molar refractivity (Wildman–Crippen MR) is 60.4 cm³/mol. The molecule has 1 aromatic rings. The summed E-state index contributed by atoms with van der Waals surface area (Å²) in [4.78, 5) is 0. The highest BCUT2D eigenvalue weighted by molar-refractivity contribution is 6.99. The largest absolute Gasteiger partial charge is 0.312 e. The maximum Gasteiger partial charge on any atom is 0.0912 e. The molecular formula is C10H19N3S. The molecule has 0 bridgehead atoms. The van der Waals surface area contributed by atoms with Crippen molar-refractivity contribution < 1.29 is 0 Å². The molecule has 1 aromatic heterocycles. The third-order valence-electron chi connectivity index (χ3n) is 2.81. The van der Waals surface area contributed by atoms with Crippen LogP contribution in [0, 0.1) is 5.92 Å². The second-order valence-corrected chi connectivity index (χ2v) is 4.15. The van der Waals surface area contributed by atoms with Crippen molar-refractivity contribution in [2.75, 3.05) is 7.05 Å². The van der Waals surface area contributed by atoms with Crippen LogP contribution in [0.4, 0.5) is 0 Å². The van der Waals surface area contributed by atoms with Crippen LogP contribution in [0.1, 0.15) is 44.8 Å². The summed E-state index contributed by atoms with van der Waals surface area (Å²) in [7, 11) is 1.99. The van der Waals surface area contributed by atoms with E-state index in [4.69, 9.17) is 0 Å². The first-order valence-electron chi connectivity index (χ1n) is 5.26. The smallest absolute Gasteiger partial charge is 0.0912 e. The highest BCUT2D eigenvalue weighted by Gasteiger charge is 2.16. The van der Waals surface area contributed by atoms with Gasteiger partial charge in [-0.2, -0.15) is 8.75 Å². The summed E-state index contributed by atoms with van der Waals surface area (Å²) >= 11 is 1.29. The van der Waals surface area contributed by atoms with E-state index in [9.17, 15) is 0 Å². The van der Waals surface area contributed by atoms with Crippen molar-refractivity contribution in [3.05, 3.63) is 11.9 Å². The second kappa shape index (κ2) is 6.09. The summed E-state index contributed by atoms with van der Waals surface area (Å²) in [5, 5.41) is 3.31. The summed E-state index contributed by atoms with van der Waals surface area (Å²) in [5.74, 6) is 0.786. The monoisotopic (exact) mass is 213 g/mol. The molecule has 0 spiro atoms. The Hall–Kier alpha value is -0.480. The molecule has 0 amide bonds. The Morgan fingerprint density at radius 2 is 2.14 bits per heavy atom. The molecule has 1 unspecified atom stereocenters. The van der Waals surface area contributed by atoms with Crippen LogP contribution in [0.25, 0.3) is 0 Å². The van der Waals surface area contributed by atoms with Gasteiger partial charge in [0.2, 0.25) is 0 Å². The summed E-state index contributed by atoms with van der Waals surface area (Å²) in [6, 6.07) is 0.374. The quantitative estimate of drug-likeness (QED) is 0.789. The molecule has 1 rings (SSSR count). The van der Waals surface area contributed by atoms with Gasteiger partial charge < -0.3 is 5.32 Å². The standard InChI is InChI=1S/C10H19N3S/c1-4-8(5-2)6-9(11-3)10-7-12-14-13-10/h7-9,11H,4-6H2,1-3H3. The summed E-state index contributed by atoms with van der Waals surface area (Å²) < 4.78 is 8.32. The Balaban J connectivity index is 2.55. The van der Waals surface area contributed by atoms with Crippen molar-refractivity contribution in [3.63, 3.8) is 0 Å². The van der Waals surface area contributed by atoms with Crippen LogP contribution >= 0.6 is 11.7 Å². The molecule has 1 heterocycles. The van der Waals surface area contributed by atoms with Crippen LogP contribution < -0.4 is 5.32 Å². The van der Waals surface area contributed by atoms with Gasteiger partial charge in [0.15, 0.2) is 0 Å². The van der Waals surface area contributed by atoms with E-state index in [0.717, 1.165) is 18.0 Å². The molecule has 14 heavy (non-hydrogen) atoms. The lowest BCUT2D eigenvalue weighted by molar-refractivity contribution is 0.382. The van der Waals surface area contributed by atoms with E-state index in [1.165, 1.54) is 24.6 Å². The third-order valence-corrected chi connectivity index (χ3v) is 3.30. The Morgan fingerprint density at radius 3 is 2.57 bits per heavy atom. The Kier molecular flexibility index (Phi) is 5.04. The van der Waals surface area contributed by atoms with Crippen molar-refractivity contribution in [1.82, 2.24) is 14.1 Å². The van der Waals surface area contributed by atoms with Crippen LogP contribution in [0.2, 0.25) is 0 Å². The Morgan fingerprint density at radius 1 is 1.43 bits per heavy atom. The van der Waals surface area contributed by atoms with Crippen molar-refractivity contribution >= 4 is 11.7 Å². The zero-order valence-corrected chi connectivity index (χ0v) is 9.97. The lowest BCUT2D eigenvalue weighted by Crippen LogP contribution is -2.19. The lowest BCUT2D eigenvalue weighted by atomic mass is 9.94. The van der Waals surface area contributed by atoms with Crippen molar-refractivity contribution in [3.8, 4) is 0 Å². The maximum atomic E-state index is 4.28. The van der Waals surface area contributed by atoms with Gasteiger partial charge in [0.1, 0.15) is 0 Å². The van der Waals surface area contributed by atoms with E-state index < -0.39 is 0 Å². The number of aromatic nitrogens is 2. The predicted octanol–water partition coefficient (Wildman–Crippen LogP) is 2.62. The first kappa shape index (κ1) is 11.6. The number of rotatable bonds is 6. The normalized spacial score (nSPS) is 13.4. The number of nitrogens with zero attached hydrogens (tertiary/aromatic N) is 2. The SMILES string of the molecule is CCC(CC)CC(NC)c1cnsn1. The number of hydrogen-bond donors (Lipinski definition) is 1. The van der Waals surface area contributed by atoms with Crippen LogP contribution in [0.3, 0.4) is 0 Å². The molecule has 0 saturated carbocycles. The van der Waals surface area contributed by atoms with Gasteiger partial charge >= 0.3 is 0 Å². The Labute approximate surface area is 90.3 Å². The van der Waals surface area contributed by atoms with Crippen LogP contribution in [-0.4, -0.2) is 15.8 Å². The van der Waals surface area contributed by atoms with Gasteiger partial charge in [0.05, 0.1) is 29.7 Å². The molecule has 3 nitrogen and oxygen atoms in total. The third kappa shape index (κ3) is 3.03. The van der Waals surface area contributed by atoms with Crippen molar-refractivity contribution in [2.45, 2.75) is 39.2 Å². The molecule has 0 aliphatic heterocycles. The molecule has 1 N–H and O–H groups in total. The fourth-order valence-corrected chi connectivity index (χ4v) is 2.14. The van der Waals surface area contributed by atoms with Crippen LogP contribution in [0.5, 0.6) is 0 Å². The molecule has 0 saturated heterocycles. The summed E-state index contributed by atoms with van der Waals surface area (Å²) in [6.45, 7) is 4.50. The molecule has 0 fully saturated rings. The molecule has 0 radical (unpaired) electrons. The fourth-order valence-electron chi connectivity index (χ4n) is 1.67. The average Bonchev–Trinajstić information content (AvgIpc) is 2.73. The number of hydrogen-bond acceptors (Lipinski definition) is 4. The van der Waals surface area contributed by atoms with Gasteiger partial charge in [0.25, 0.3) is 0 Å². The first-order valence-corrected chi connectivity index (χ1v) is 5.99. The maximum absolute atomic E-state index is 4.28. The van der Waals surface area contributed by atoms with E-state index in [0.29, 0.717) is 6.04 Å². The average molecular weight is 213 g/mol. The molecule has 1 atom stereocenters. The summed E-state index contributed by atoms with van der Waals surface area (Å²) in [5.41, 5.74) is 1.09. The van der Waals surface area contributed by atoms with Crippen LogP contribution in [-0.2, 0) is 0 Å². The van der Waals surface area contributed by atoms with E-state index in [1.807, 2.05) is 13.2 Å². The minimum Gasteiger partial charge on any atom is -0.312 e. The molecule has 0 aliphatic carbocycles. The van der Waals surface area contributed by atoms with Gasteiger partial charge in [-0.1, -0.05) is 26.7 Å². The molecule has 4 heteroatoms. The minimum atomic E-state index is 0.374. The minimum absolute atomic E-state index is 0.374. The van der Waals surface area contributed by atoms with E-state index in [-0.39, 0.29) is 0 Å². The zero-order valence-electron chi connectivity index (χ0n) is 9.16. The van der Waals surface area contributed by atoms with E-state index in [1.54, 1.807) is 0 Å². The second-order valence-electron chi connectivity index (χ2n) is 3.59. The molecule has 0 aromatic carbocycles. The van der Waals surface area contributed by atoms with E-state index >= 15 is 0 Å². The lowest BCUT2D eigenvalue weighted by Gasteiger charge is -2.19. The van der Waals surface area contributed by atoms with Gasteiger partial charge in [-0.3, -0.25) is 0 Å². The van der Waals surface area contributed by atoms with Gasteiger partial charge in [-0.05, 0) is 19.4 Å². The van der Waals surface area contributed by atoms with Crippen LogP contribution in [0.15, 0.2) is 6.20 Å². The summed E-state index contributed by atoms with van der Waals surface area (Å²) in [6.07, 6.45) is 5.52. The van der Waals surface area contributed by atoms with Gasteiger partial charge in [0, 0.05) is 0 Å². The zero-order chi connectivity index (χ0) is 10.4. The molecule has 0 aliphatic rings. The molecule has 80 valence electrons. The van der Waals surface area contributed by atoms with Gasteiger partial charge in [-0.15, -0.1) is 0 Å². The van der Waals surface area contributed by atoms with Gasteiger partial charge in [-0.25, -0.2) is 0 Å². The van der Waals surface area contributed by atoms with E-state index in [2.05, 4.69) is 27.9 Å². The fraction of sp³-hybridized carbons (Fsp3) is 0.800. The van der Waals surface area contributed by atoms with Crippen molar-refractivity contribution in [1.29, 1.82) is 0 Å². The highest BCUT2D eigenvalue weighted by atomic mass is 32.1.